The average Bonchev–Trinajstić information content (AvgIpc) is 3.13. The minimum absolute atomic E-state index is 0.105. The number of carbonyl (C=O) groups is 1. The quantitative estimate of drug-likeness (QED) is 0.537. The number of hydrogen-bond acceptors (Lipinski definition) is 5. The van der Waals surface area contributed by atoms with Crippen LogP contribution in [-0.2, 0) is 13.2 Å². The molecule has 1 fully saturated rings. The molecule has 0 spiro atoms. The zero-order valence-electron chi connectivity index (χ0n) is 18.7. The predicted molar refractivity (Wildman–Crippen MR) is 124 cm³/mol. The summed E-state index contributed by atoms with van der Waals surface area (Å²) in [5, 5.41) is 4.80. The van der Waals surface area contributed by atoms with E-state index in [0.29, 0.717) is 30.1 Å². The molecule has 2 heterocycles. The fraction of sp³-hybridized carbons (Fsp3) is 0.360. The third-order valence-corrected chi connectivity index (χ3v) is 6.00. The molecule has 1 aliphatic rings. The smallest absolute Gasteiger partial charge is 0.276 e. The lowest BCUT2D eigenvalue weighted by Crippen LogP contribution is -2.48. The van der Waals surface area contributed by atoms with E-state index in [1.807, 2.05) is 62.1 Å². The first kappa shape index (κ1) is 22.4. The summed E-state index contributed by atoms with van der Waals surface area (Å²) in [4.78, 5) is 17.4. The Bertz CT molecular complexity index is 1070. The fourth-order valence-electron chi connectivity index (χ4n) is 4.01. The number of amides is 1. The lowest BCUT2D eigenvalue weighted by Gasteiger charge is -2.34. The van der Waals surface area contributed by atoms with Crippen LogP contribution in [0.5, 0.6) is 5.75 Å². The first-order valence-electron chi connectivity index (χ1n) is 10.8. The highest BCUT2D eigenvalue weighted by Crippen LogP contribution is 2.22. The van der Waals surface area contributed by atoms with E-state index in [4.69, 9.17) is 20.9 Å². The largest absolute Gasteiger partial charge is 0.489 e. The van der Waals surface area contributed by atoms with Crippen LogP contribution >= 0.6 is 11.6 Å². The zero-order valence-corrected chi connectivity index (χ0v) is 19.5. The first-order chi connectivity index (χ1) is 15.4. The fourth-order valence-corrected chi connectivity index (χ4v) is 4.13. The van der Waals surface area contributed by atoms with Crippen molar-refractivity contribution in [3.8, 4) is 5.75 Å². The third kappa shape index (κ3) is 5.31. The number of aromatic nitrogens is 1. The molecular formula is C25H28ClN3O3. The van der Waals surface area contributed by atoms with Gasteiger partial charge in [0.25, 0.3) is 5.91 Å². The zero-order chi connectivity index (χ0) is 22.7. The van der Waals surface area contributed by atoms with E-state index < -0.39 is 0 Å². The third-order valence-electron chi connectivity index (χ3n) is 5.74. The van der Waals surface area contributed by atoms with Crippen molar-refractivity contribution in [2.45, 2.75) is 33.9 Å². The normalized spacial score (nSPS) is 14.6. The number of piperazine rings is 1. The van der Waals surface area contributed by atoms with Crippen LogP contribution in [0.2, 0.25) is 5.02 Å². The summed E-state index contributed by atoms with van der Waals surface area (Å²) in [5.41, 5.74) is 4.53. The Hall–Kier alpha value is -2.83. The van der Waals surface area contributed by atoms with E-state index in [1.165, 1.54) is 5.56 Å². The SMILES string of the molecule is Cc1cc(C)cc(OCc2c(C(=O)N3CCN(Cc4ccc(Cl)cc4)CC3)noc2C)c1. The number of nitrogens with zero attached hydrogens (tertiary/aromatic N) is 3. The van der Waals surface area contributed by atoms with Gasteiger partial charge in [-0.3, -0.25) is 9.69 Å². The van der Waals surface area contributed by atoms with Crippen molar-refractivity contribution in [2.75, 3.05) is 26.2 Å². The molecule has 3 aromatic rings. The van der Waals surface area contributed by atoms with Gasteiger partial charge in [0.1, 0.15) is 18.1 Å². The average molecular weight is 454 g/mol. The molecule has 0 atom stereocenters. The molecule has 4 rings (SSSR count). The number of hydrogen-bond donors (Lipinski definition) is 0. The van der Waals surface area contributed by atoms with E-state index >= 15 is 0 Å². The van der Waals surface area contributed by atoms with Crippen LogP contribution in [0.25, 0.3) is 0 Å². The summed E-state index contributed by atoms with van der Waals surface area (Å²) in [6.45, 7) is 9.88. The van der Waals surface area contributed by atoms with Gasteiger partial charge >= 0.3 is 0 Å². The summed E-state index contributed by atoms with van der Waals surface area (Å²) in [6, 6.07) is 14.0. The summed E-state index contributed by atoms with van der Waals surface area (Å²) in [5.74, 6) is 1.28. The van der Waals surface area contributed by atoms with Crippen molar-refractivity contribution in [1.82, 2.24) is 15.0 Å². The second kappa shape index (κ2) is 9.76. The van der Waals surface area contributed by atoms with Crippen molar-refractivity contribution in [3.63, 3.8) is 0 Å². The number of halogens is 1. The molecule has 7 heteroatoms. The molecule has 0 radical (unpaired) electrons. The number of rotatable bonds is 6. The highest BCUT2D eigenvalue weighted by atomic mass is 35.5. The Kier molecular flexibility index (Phi) is 6.82. The van der Waals surface area contributed by atoms with Gasteiger partial charge in [0, 0.05) is 37.7 Å². The maximum Gasteiger partial charge on any atom is 0.276 e. The number of aryl methyl sites for hydroxylation is 3. The minimum atomic E-state index is -0.105. The van der Waals surface area contributed by atoms with Crippen LogP contribution in [0.3, 0.4) is 0 Å². The molecule has 0 aliphatic carbocycles. The second-order valence-electron chi connectivity index (χ2n) is 8.37. The number of carbonyl (C=O) groups excluding carboxylic acids is 1. The first-order valence-corrected chi connectivity index (χ1v) is 11.2. The van der Waals surface area contributed by atoms with E-state index in [0.717, 1.165) is 41.5 Å². The molecule has 168 valence electrons. The molecule has 2 aromatic carbocycles. The molecule has 1 aliphatic heterocycles. The van der Waals surface area contributed by atoms with E-state index in [2.05, 4.69) is 16.1 Å². The molecule has 0 bridgehead atoms. The Labute approximate surface area is 193 Å². The van der Waals surface area contributed by atoms with Crippen molar-refractivity contribution < 1.29 is 14.1 Å². The summed E-state index contributed by atoms with van der Waals surface area (Å²) in [6.07, 6.45) is 0. The van der Waals surface area contributed by atoms with E-state index in [9.17, 15) is 4.79 Å². The molecule has 0 unspecified atom stereocenters. The van der Waals surface area contributed by atoms with Crippen molar-refractivity contribution in [3.05, 3.63) is 81.2 Å². The Morgan fingerprint density at radius 1 is 1.03 bits per heavy atom. The van der Waals surface area contributed by atoms with Gasteiger partial charge in [-0.05, 0) is 61.7 Å². The highest BCUT2D eigenvalue weighted by Gasteiger charge is 2.28. The van der Waals surface area contributed by atoms with Crippen molar-refractivity contribution >= 4 is 17.5 Å². The van der Waals surface area contributed by atoms with Gasteiger partial charge in [0.05, 0.1) is 5.56 Å². The molecule has 1 aromatic heterocycles. The van der Waals surface area contributed by atoms with Crippen molar-refractivity contribution in [1.29, 1.82) is 0 Å². The van der Waals surface area contributed by atoms with Gasteiger partial charge in [-0.2, -0.15) is 0 Å². The molecule has 0 saturated carbocycles. The molecule has 1 amide bonds. The van der Waals surface area contributed by atoms with E-state index in [1.54, 1.807) is 0 Å². The standard InChI is InChI=1S/C25H28ClN3O3/c1-17-12-18(2)14-22(13-17)31-16-23-19(3)32-27-24(23)25(30)29-10-8-28(9-11-29)15-20-4-6-21(26)7-5-20/h4-7,12-14H,8-11,15-16H2,1-3H3. The van der Waals surface area contributed by atoms with Gasteiger partial charge in [0.15, 0.2) is 5.69 Å². The van der Waals surface area contributed by atoms with Crippen LogP contribution in [-0.4, -0.2) is 47.0 Å². The van der Waals surface area contributed by atoms with Gasteiger partial charge in [-0.15, -0.1) is 0 Å². The topological polar surface area (TPSA) is 58.8 Å². The summed E-state index contributed by atoms with van der Waals surface area (Å²) >= 11 is 5.97. The Morgan fingerprint density at radius 2 is 1.69 bits per heavy atom. The van der Waals surface area contributed by atoms with Crippen LogP contribution in [0, 0.1) is 20.8 Å². The van der Waals surface area contributed by atoms with Crippen LogP contribution in [0.4, 0.5) is 0 Å². The monoisotopic (exact) mass is 453 g/mol. The molecular weight excluding hydrogens is 426 g/mol. The Balaban J connectivity index is 1.37. The number of benzene rings is 2. The van der Waals surface area contributed by atoms with Crippen LogP contribution in [0.15, 0.2) is 47.0 Å². The van der Waals surface area contributed by atoms with Crippen LogP contribution < -0.4 is 4.74 Å². The lowest BCUT2D eigenvalue weighted by molar-refractivity contribution is 0.0616. The second-order valence-corrected chi connectivity index (χ2v) is 8.81. The summed E-state index contributed by atoms with van der Waals surface area (Å²) < 4.78 is 11.3. The lowest BCUT2D eigenvalue weighted by atomic mass is 10.1. The van der Waals surface area contributed by atoms with Gasteiger partial charge in [-0.1, -0.05) is 35.0 Å². The molecule has 0 N–H and O–H groups in total. The molecule has 32 heavy (non-hydrogen) atoms. The van der Waals surface area contributed by atoms with Gasteiger partial charge in [-0.25, -0.2) is 0 Å². The van der Waals surface area contributed by atoms with Crippen molar-refractivity contribution in [2.24, 2.45) is 0 Å². The highest BCUT2D eigenvalue weighted by molar-refractivity contribution is 6.30. The van der Waals surface area contributed by atoms with Gasteiger partial charge < -0.3 is 14.2 Å². The molecule has 1 saturated heterocycles. The minimum Gasteiger partial charge on any atom is -0.489 e. The maximum absolute atomic E-state index is 13.2. The molecule has 6 nitrogen and oxygen atoms in total. The van der Waals surface area contributed by atoms with Gasteiger partial charge in [0.2, 0.25) is 0 Å². The Morgan fingerprint density at radius 3 is 2.34 bits per heavy atom. The maximum atomic E-state index is 13.2. The van der Waals surface area contributed by atoms with E-state index in [-0.39, 0.29) is 12.5 Å². The number of ether oxygens (including phenoxy) is 1. The predicted octanol–water partition coefficient (Wildman–Crippen LogP) is 4.79. The summed E-state index contributed by atoms with van der Waals surface area (Å²) in [7, 11) is 0. The van der Waals surface area contributed by atoms with Crippen LogP contribution in [0.1, 0.15) is 38.5 Å².